The van der Waals surface area contributed by atoms with Crippen LogP contribution in [0.5, 0.6) is 23.0 Å². The van der Waals surface area contributed by atoms with E-state index in [1.165, 1.54) is 27.4 Å². The van der Waals surface area contributed by atoms with E-state index in [2.05, 4.69) is 10.1 Å². The zero-order valence-corrected chi connectivity index (χ0v) is 16.7. The predicted molar refractivity (Wildman–Crippen MR) is 108 cm³/mol. The number of amides is 1. The van der Waals surface area contributed by atoms with Crippen LogP contribution in [0.15, 0.2) is 42.5 Å². The van der Waals surface area contributed by atoms with Crippen LogP contribution in [0.3, 0.4) is 0 Å². The van der Waals surface area contributed by atoms with Gasteiger partial charge in [-0.1, -0.05) is 6.07 Å². The Morgan fingerprint density at radius 2 is 1.66 bits per heavy atom. The van der Waals surface area contributed by atoms with Gasteiger partial charge >= 0.3 is 5.97 Å². The predicted octanol–water partition coefficient (Wildman–Crippen LogP) is 2.92. The maximum Gasteiger partial charge on any atom is 0.330 e. The highest BCUT2D eigenvalue weighted by Gasteiger charge is 2.12. The summed E-state index contributed by atoms with van der Waals surface area (Å²) >= 11 is 0. The number of hydrogen-bond donors (Lipinski definition) is 1. The molecule has 0 saturated heterocycles. The number of carbonyl (C=O) groups is 2. The van der Waals surface area contributed by atoms with Crippen molar-refractivity contribution in [3.8, 4) is 23.0 Å². The second-order valence-corrected chi connectivity index (χ2v) is 5.67. The molecule has 0 aliphatic rings. The molecule has 0 aliphatic heterocycles. The molecule has 8 heteroatoms. The molecule has 29 heavy (non-hydrogen) atoms. The largest absolute Gasteiger partial charge is 0.497 e. The third kappa shape index (κ3) is 6.17. The van der Waals surface area contributed by atoms with E-state index >= 15 is 0 Å². The first-order chi connectivity index (χ1) is 14.0. The SMILES string of the molecule is COC(=O)/C=C/c1ccc(OCC(=O)Nc2ccc(OC)cc2OC)c(OC)c1. The van der Waals surface area contributed by atoms with E-state index in [1.54, 1.807) is 49.6 Å². The van der Waals surface area contributed by atoms with Crippen LogP contribution in [0.2, 0.25) is 0 Å². The third-order valence-corrected chi connectivity index (χ3v) is 3.84. The summed E-state index contributed by atoms with van der Waals surface area (Å²) < 4.78 is 25.8. The van der Waals surface area contributed by atoms with Crippen molar-refractivity contribution in [1.29, 1.82) is 0 Å². The van der Waals surface area contributed by atoms with Crippen molar-refractivity contribution in [2.24, 2.45) is 0 Å². The topological polar surface area (TPSA) is 92.3 Å². The molecule has 0 spiro atoms. The normalized spacial score (nSPS) is 10.3. The molecule has 0 bridgehead atoms. The van der Waals surface area contributed by atoms with Crippen molar-refractivity contribution in [3.05, 3.63) is 48.0 Å². The maximum absolute atomic E-state index is 12.3. The van der Waals surface area contributed by atoms with Crippen molar-refractivity contribution in [2.45, 2.75) is 0 Å². The van der Waals surface area contributed by atoms with Crippen molar-refractivity contribution < 1.29 is 33.3 Å². The lowest BCUT2D eigenvalue weighted by Crippen LogP contribution is -2.20. The number of ether oxygens (including phenoxy) is 5. The van der Waals surface area contributed by atoms with Crippen molar-refractivity contribution >= 4 is 23.6 Å². The minimum Gasteiger partial charge on any atom is -0.497 e. The van der Waals surface area contributed by atoms with Gasteiger partial charge in [0.25, 0.3) is 5.91 Å². The van der Waals surface area contributed by atoms with Crippen LogP contribution in [0, 0.1) is 0 Å². The highest BCUT2D eigenvalue weighted by atomic mass is 16.5. The summed E-state index contributed by atoms with van der Waals surface area (Å²) in [6, 6.07) is 10.1. The fraction of sp³-hybridized carbons (Fsp3) is 0.238. The zero-order chi connectivity index (χ0) is 21.2. The van der Waals surface area contributed by atoms with Gasteiger partial charge in [-0.3, -0.25) is 4.79 Å². The Hall–Kier alpha value is -3.68. The van der Waals surface area contributed by atoms with E-state index in [-0.39, 0.29) is 12.5 Å². The molecule has 1 amide bonds. The van der Waals surface area contributed by atoms with Gasteiger partial charge in [-0.2, -0.15) is 0 Å². The summed E-state index contributed by atoms with van der Waals surface area (Å²) in [5.74, 6) is 1.06. The number of rotatable bonds is 9. The average molecular weight is 401 g/mol. The van der Waals surface area contributed by atoms with Crippen molar-refractivity contribution in [1.82, 2.24) is 0 Å². The van der Waals surface area contributed by atoms with Crippen molar-refractivity contribution in [3.63, 3.8) is 0 Å². The molecule has 0 saturated carbocycles. The van der Waals surface area contributed by atoms with Crippen LogP contribution in [0.25, 0.3) is 6.08 Å². The summed E-state index contributed by atoms with van der Waals surface area (Å²) in [6.07, 6.45) is 2.88. The molecular formula is C21H23NO7. The van der Waals surface area contributed by atoms with Crippen LogP contribution in [0.1, 0.15) is 5.56 Å². The lowest BCUT2D eigenvalue weighted by Gasteiger charge is -2.13. The number of esters is 1. The minimum absolute atomic E-state index is 0.233. The van der Waals surface area contributed by atoms with E-state index in [9.17, 15) is 9.59 Å². The Balaban J connectivity index is 2.02. The highest BCUT2D eigenvalue weighted by molar-refractivity contribution is 5.93. The lowest BCUT2D eigenvalue weighted by molar-refractivity contribution is -0.134. The molecule has 2 aromatic rings. The molecule has 0 aromatic heterocycles. The van der Waals surface area contributed by atoms with E-state index < -0.39 is 5.97 Å². The molecular weight excluding hydrogens is 378 g/mol. The Morgan fingerprint density at radius 1 is 0.897 bits per heavy atom. The van der Waals surface area contributed by atoms with Gasteiger partial charge in [-0.05, 0) is 35.9 Å². The Kier molecular flexibility index (Phi) is 7.90. The Labute approximate surface area is 169 Å². The van der Waals surface area contributed by atoms with E-state index in [0.29, 0.717) is 34.2 Å². The lowest BCUT2D eigenvalue weighted by atomic mass is 10.2. The molecule has 0 radical (unpaired) electrons. The Bertz CT molecular complexity index is 893. The summed E-state index contributed by atoms with van der Waals surface area (Å²) in [4.78, 5) is 23.4. The first kappa shape index (κ1) is 21.6. The molecule has 154 valence electrons. The second-order valence-electron chi connectivity index (χ2n) is 5.67. The van der Waals surface area contributed by atoms with Gasteiger partial charge in [-0.25, -0.2) is 4.79 Å². The number of anilines is 1. The molecule has 0 aliphatic carbocycles. The van der Waals surface area contributed by atoms with Gasteiger partial charge in [0.1, 0.15) is 11.5 Å². The smallest absolute Gasteiger partial charge is 0.330 e. The van der Waals surface area contributed by atoms with Gasteiger partial charge in [0.15, 0.2) is 18.1 Å². The monoisotopic (exact) mass is 401 g/mol. The average Bonchev–Trinajstić information content (AvgIpc) is 2.76. The van der Waals surface area contributed by atoms with Gasteiger partial charge in [0.05, 0.1) is 34.1 Å². The number of methoxy groups -OCH3 is 4. The summed E-state index contributed by atoms with van der Waals surface area (Å²) in [5, 5.41) is 2.72. The summed E-state index contributed by atoms with van der Waals surface area (Å²) in [6.45, 7) is -0.233. The highest BCUT2D eigenvalue weighted by Crippen LogP contribution is 2.30. The minimum atomic E-state index is -0.463. The molecule has 0 heterocycles. The van der Waals surface area contributed by atoms with E-state index in [4.69, 9.17) is 18.9 Å². The fourth-order valence-electron chi connectivity index (χ4n) is 2.37. The summed E-state index contributed by atoms with van der Waals surface area (Å²) in [7, 11) is 5.84. The third-order valence-electron chi connectivity index (χ3n) is 3.84. The van der Waals surface area contributed by atoms with Gasteiger partial charge in [0.2, 0.25) is 0 Å². The fourth-order valence-corrected chi connectivity index (χ4v) is 2.37. The first-order valence-electron chi connectivity index (χ1n) is 8.59. The standard InChI is InChI=1S/C21H23NO7/c1-25-15-7-8-16(18(12-15)26-2)22-20(23)13-29-17-9-5-14(11-19(17)27-3)6-10-21(24)28-4/h5-12H,13H2,1-4H3,(H,22,23)/b10-6+. The molecule has 2 aromatic carbocycles. The van der Waals surface area contributed by atoms with Crippen molar-refractivity contribution in [2.75, 3.05) is 40.4 Å². The number of nitrogens with one attached hydrogen (secondary N) is 1. The molecule has 2 rings (SSSR count). The van der Waals surface area contributed by atoms with E-state index in [0.717, 1.165) is 0 Å². The van der Waals surface area contributed by atoms with Crippen LogP contribution in [0.4, 0.5) is 5.69 Å². The van der Waals surface area contributed by atoms with E-state index in [1.807, 2.05) is 0 Å². The molecule has 1 N–H and O–H groups in total. The van der Waals surface area contributed by atoms with Crippen LogP contribution in [-0.2, 0) is 14.3 Å². The molecule has 0 fully saturated rings. The van der Waals surface area contributed by atoms with Crippen LogP contribution >= 0.6 is 0 Å². The first-order valence-corrected chi connectivity index (χ1v) is 8.59. The molecule has 0 unspecified atom stereocenters. The molecule has 8 nitrogen and oxygen atoms in total. The van der Waals surface area contributed by atoms with Gasteiger partial charge in [-0.15, -0.1) is 0 Å². The maximum atomic E-state index is 12.3. The number of benzene rings is 2. The Morgan fingerprint density at radius 3 is 2.31 bits per heavy atom. The molecule has 0 atom stereocenters. The summed E-state index contributed by atoms with van der Waals surface area (Å²) in [5.41, 5.74) is 1.21. The van der Waals surface area contributed by atoms with Gasteiger partial charge in [0, 0.05) is 12.1 Å². The second kappa shape index (κ2) is 10.6. The van der Waals surface area contributed by atoms with Crippen LogP contribution < -0.4 is 24.3 Å². The number of carbonyl (C=O) groups excluding carboxylic acids is 2. The van der Waals surface area contributed by atoms with Crippen LogP contribution in [-0.4, -0.2) is 46.9 Å². The number of hydrogen-bond acceptors (Lipinski definition) is 7. The zero-order valence-electron chi connectivity index (χ0n) is 16.7. The quantitative estimate of drug-likeness (QED) is 0.510. The van der Waals surface area contributed by atoms with Gasteiger partial charge < -0.3 is 29.0 Å².